The smallest absolute Gasteiger partial charge is 0.229 e. The van der Waals surface area contributed by atoms with Crippen molar-refractivity contribution >= 4 is 5.91 Å². The molecule has 1 aliphatic rings. The second-order valence-corrected chi connectivity index (χ2v) is 6.48. The molecular weight excluding hydrogens is 292 g/mol. The number of imidazole rings is 1. The summed E-state index contributed by atoms with van der Waals surface area (Å²) in [6.45, 7) is 6.84. The molecule has 0 saturated carbocycles. The van der Waals surface area contributed by atoms with Gasteiger partial charge in [0.15, 0.2) is 5.82 Å². The minimum Gasteiger partial charge on any atom is -0.348 e. The van der Waals surface area contributed by atoms with E-state index in [2.05, 4.69) is 39.0 Å². The summed E-state index contributed by atoms with van der Waals surface area (Å²) in [6, 6.07) is -0.00417. The van der Waals surface area contributed by atoms with Crippen LogP contribution in [-0.4, -0.2) is 42.5 Å². The molecule has 2 aromatic rings. The molecular formula is C16H24N6O. The zero-order valence-corrected chi connectivity index (χ0v) is 14.0. The monoisotopic (exact) mass is 316 g/mol. The van der Waals surface area contributed by atoms with Gasteiger partial charge in [-0.1, -0.05) is 13.8 Å². The molecule has 1 amide bonds. The quantitative estimate of drug-likeness (QED) is 0.905. The molecule has 23 heavy (non-hydrogen) atoms. The average Bonchev–Trinajstić information content (AvgIpc) is 3.17. The minimum atomic E-state index is -0.00417. The summed E-state index contributed by atoms with van der Waals surface area (Å²) in [7, 11) is 0. The Morgan fingerprint density at radius 2 is 2.26 bits per heavy atom. The van der Waals surface area contributed by atoms with Gasteiger partial charge in [0.2, 0.25) is 5.91 Å². The Kier molecular flexibility index (Phi) is 4.45. The van der Waals surface area contributed by atoms with Crippen LogP contribution in [0.15, 0.2) is 6.33 Å². The van der Waals surface area contributed by atoms with Crippen LogP contribution in [0.25, 0.3) is 0 Å². The van der Waals surface area contributed by atoms with Crippen molar-refractivity contribution in [3.8, 4) is 0 Å². The van der Waals surface area contributed by atoms with Crippen molar-refractivity contribution in [2.75, 3.05) is 6.54 Å². The lowest BCUT2D eigenvalue weighted by Crippen LogP contribution is -2.40. The summed E-state index contributed by atoms with van der Waals surface area (Å²) < 4.78 is 0. The first-order valence-corrected chi connectivity index (χ1v) is 8.26. The first-order valence-electron chi connectivity index (χ1n) is 8.26. The molecule has 1 fully saturated rings. The fourth-order valence-corrected chi connectivity index (χ4v) is 3.02. The maximum atomic E-state index is 12.8. The zero-order valence-electron chi connectivity index (χ0n) is 14.0. The van der Waals surface area contributed by atoms with Crippen LogP contribution in [0.3, 0.4) is 0 Å². The zero-order chi connectivity index (χ0) is 16.4. The molecule has 7 heteroatoms. The van der Waals surface area contributed by atoms with Crippen molar-refractivity contribution in [1.29, 1.82) is 0 Å². The lowest BCUT2D eigenvalue weighted by atomic mass is 10.0. The third-order valence-corrected chi connectivity index (χ3v) is 4.43. The first kappa shape index (κ1) is 15.7. The highest BCUT2D eigenvalue weighted by molar-refractivity contribution is 5.79. The number of rotatable bonds is 4. The van der Waals surface area contributed by atoms with E-state index in [9.17, 15) is 4.79 Å². The number of aromatic amines is 2. The Balaban J connectivity index is 1.77. The Hall–Kier alpha value is -2.18. The third kappa shape index (κ3) is 3.28. The van der Waals surface area contributed by atoms with Gasteiger partial charge in [0, 0.05) is 18.2 Å². The van der Waals surface area contributed by atoms with Gasteiger partial charge in [-0.3, -0.25) is 9.89 Å². The van der Waals surface area contributed by atoms with Crippen molar-refractivity contribution in [2.45, 2.75) is 58.4 Å². The van der Waals surface area contributed by atoms with Gasteiger partial charge in [-0.2, -0.15) is 5.10 Å². The predicted molar refractivity (Wildman–Crippen MR) is 85.8 cm³/mol. The van der Waals surface area contributed by atoms with Crippen LogP contribution < -0.4 is 0 Å². The van der Waals surface area contributed by atoms with E-state index < -0.39 is 0 Å². The van der Waals surface area contributed by atoms with Gasteiger partial charge in [0.05, 0.1) is 24.5 Å². The highest BCUT2D eigenvalue weighted by atomic mass is 16.2. The Morgan fingerprint density at radius 3 is 2.91 bits per heavy atom. The number of H-pyrrole nitrogens is 2. The highest BCUT2D eigenvalue weighted by Gasteiger charge is 2.31. The van der Waals surface area contributed by atoms with Crippen LogP contribution in [0.2, 0.25) is 0 Å². The third-order valence-electron chi connectivity index (χ3n) is 4.43. The summed E-state index contributed by atoms with van der Waals surface area (Å²) in [5, 5.41) is 7.32. The number of likely N-dealkylation sites (tertiary alicyclic amines) is 1. The van der Waals surface area contributed by atoms with Crippen LogP contribution in [0, 0.1) is 6.92 Å². The van der Waals surface area contributed by atoms with E-state index in [1.807, 2.05) is 11.8 Å². The van der Waals surface area contributed by atoms with Crippen LogP contribution in [-0.2, 0) is 11.2 Å². The number of aryl methyl sites for hydroxylation is 1. The number of amides is 1. The summed E-state index contributed by atoms with van der Waals surface area (Å²) in [5.41, 5.74) is 1.77. The molecule has 3 heterocycles. The summed E-state index contributed by atoms with van der Waals surface area (Å²) >= 11 is 0. The molecule has 0 aliphatic carbocycles. The van der Waals surface area contributed by atoms with E-state index >= 15 is 0 Å². The topological polar surface area (TPSA) is 90.6 Å². The SMILES string of the molecule is Cc1[nH]cnc1CC(=O)N1CCCC[C@H]1c1nc(C(C)C)n[nH]1. The van der Waals surface area contributed by atoms with E-state index in [-0.39, 0.29) is 17.9 Å². The first-order chi connectivity index (χ1) is 11.1. The molecule has 1 atom stereocenters. The molecule has 0 radical (unpaired) electrons. The average molecular weight is 316 g/mol. The van der Waals surface area contributed by atoms with E-state index in [4.69, 9.17) is 0 Å². The van der Waals surface area contributed by atoms with E-state index in [0.29, 0.717) is 6.42 Å². The number of nitrogens with zero attached hydrogens (tertiary/aromatic N) is 4. The largest absolute Gasteiger partial charge is 0.348 e. The Morgan fingerprint density at radius 1 is 1.43 bits per heavy atom. The number of carbonyl (C=O) groups excluding carboxylic acids is 1. The van der Waals surface area contributed by atoms with Crippen LogP contribution >= 0.6 is 0 Å². The van der Waals surface area contributed by atoms with Gasteiger partial charge in [-0.25, -0.2) is 9.97 Å². The van der Waals surface area contributed by atoms with Gasteiger partial charge in [0.25, 0.3) is 0 Å². The number of nitrogens with one attached hydrogen (secondary N) is 2. The molecule has 0 aromatic carbocycles. The molecule has 0 unspecified atom stereocenters. The normalized spacial score (nSPS) is 18.6. The summed E-state index contributed by atoms with van der Waals surface area (Å²) in [4.78, 5) is 26.5. The number of hydrogen-bond donors (Lipinski definition) is 2. The Bertz CT molecular complexity index is 674. The van der Waals surface area contributed by atoms with Crippen molar-refractivity contribution in [1.82, 2.24) is 30.0 Å². The van der Waals surface area contributed by atoms with Gasteiger partial charge in [-0.15, -0.1) is 0 Å². The molecule has 1 saturated heterocycles. The van der Waals surface area contributed by atoms with Gasteiger partial charge in [0.1, 0.15) is 5.82 Å². The molecule has 2 aromatic heterocycles. The molecule has 7 nitrogen and oxygen atoms in total. The maximum absolute atomic E-state index is 12.8. The van der Waals surface area contributed by atoms with Gasteiger partial charge >= 0.3 is 0 Å². The highest BCUT2D eigenvalue weighted by Crippen LogP contribution is 2.30. The molecule has 2 N–H and O–H groups in total. The van der Waals surface area contributed by atoms with Crippen LogP contribution in [0.5, 0.6) is 0 Å². The van der Waals surface area contributed by atoms with E-state index in [1.165, 1.54) is 0 Å². The van der Waals surface area contributed by atoms with Crippen molar-refractivity contribution in [3.63, 3.8) is 0 Å². The molecule has 1 aliphatic heterocycles. The molecule has 3 rings (SSSR count). The second kappa shape index (κ2) is 6.52. The second-order valence-electron chi connectivity index (χ2n) is 6.48. The summed E-state index contributed by atoms with van der Waals surface area (Å²) in [6.07, 6.45) is 5.03. The van der Waals surface area contributed by atoms with Crippen LogP contribution in [0.1, 0.15) is 68.1 Å². The fraction of sp³-hybridized carbons (Fsp3) is 0.625. The lowest BCUT2D eigenvalue weighted by molar-refractivity contribution is -0.134. The summed E-state index contributed by atoms with van der Waals surface area (Å²) in [5.74, 6) is 1.99. The number of piperidine rings is 1. The molecule has 0 spiro atoms. The van der Waals surface area contributed by atoms with Gasteiger partial charge < -0.3 is 9.88 Å². The van der Waals surface area contributed by atoms with Crippen LogP contribution in [0.4, 0.5) is 0 Å². The molecule has 0 bridgehead atoms. The van der Waals surface area contributed by atoms with Gasteiger partial charge in [-0.05, 0) is 26.2 Å². The van der Waals surface area contributed by atoms with Crippen molar-refractivity contribution < 1.29 is 4.79 Å². The standard InChI is InChI=1S/C16H24N6O/c1-10(2)15-19-16(21-20-15)13-6-4-5-7-22(13)14(23)8-12-11(3)17-9-18-12/h9-10,13H,4-8H2,1-3H3,(H,17,18)(H,19,20,21)/t13-/m0/s1. The van der Waals surface area contributed by atoms with Crippen molar-refractivity contribution in [3.05, 3.63) is 29.4 Å². The lowest BCUT2D eigenvalue weighted by Gasteiger charge is -2.34. The van der Waals surface area contributed by atoms with E-state index in [1.54, 1.807) is 6.33 Å². The maximum Gasteiger partial charge on any atom is 0.229 e. The Labute approximate surface area is 135 Å². The number of carbonyl (C=O) groups is 1. The van der Waals surface area contributed by atoms with Crippen molar-refractivity contribution in [2.24, 2.45) is 0 Å². The number of hydrogen-bond acceptors (Lipinski definition) is 4. The predicted octanol–water partition coefficient (Wildman–Crippen LogP) is 2.26. The molecule has 124 valence electrons. The minimum absolute atomic E-state index is 0.00417. The van der Waals surface area contributed by atoms with E-state index in [0.717, 1.165) is 48.8 Å². The fourth-order valence-electron chi connectivity index (χ4n) is 3.02. The number of aromatic nitrogens is 5.